The quantitative estimate of drug-likeness (QED) is 0.657. The maximum absolute atomic E-state index is 12.1. The average Bonchev–Trinajstić information content (AvgIpc) is 2.50. The number of unbranched alkanes of at least 4 members (excludes halogenated alkanes) is 1. The number of phenolic OH excluding ortho intramolecular Hbond substituents is 1. The number of hydrogen-bond donors (Lipinski definition) is 1. The molecule has 2 rings (SSSR count). The fourth-order valence-corrected chi connectivity index (χ4v) is 2.16. The normalized spacial score (nSPS) is 10.4. The van der Waals surface area contributed by atoms with Gasteiger partial charge in [0.05, 0.1) is 6.61 Å². The van der Waals surface area contributed by atoms with Gasteiger partial charge < -0.3 is 9.84 Å². The van der Waals surface area contributed by atoms with Gasteiger partial charge in [-0.05, 0) is 36.6 Å². The number of carbonyl (C=O) groups is 1. The van der Waals surface area contributed by atoms with Crippen LogP contribution in [0.25, 0.3) is 11.1 Å². The molecule has 1 N–H and O–H groups in total. The number of ether oxygens (including phenoxy) is 1. The van der Waals surface area contributed by atoms with E-state index in [0.29, 0.717) is 12.2 Å². The van der Waals surface area contributed by atoms with E-state index >= 15 is 0 Å². The molecule has 0 saturated carbocycles. The Bertz CT molecular complexity index is 618. The summed E-state index contributed by atoms with van der Waals surface area (Å²) < 4.78 is 5.20. The van der Waals surface area contributed by atoms with E-state index in [9.17, 15) is 9.90 Å². The van der Waals surface area contributed by atoms with E-state index in [4.69, 9.17) is 4.74 Å². The molecule has 0 saturated heterocycles. The van der Waals surface area contributed by atoms with Crippen molar-refractivity contribution in [3.63, 3.8) is 0 Å². The highest BCUT2D eigenvalue weighted by molar-refractivity contribution is 5.95. The van der Waals surface area contributed by atoms with Gasteiger partial charge in [-0.1, -0.05) is 43.7 Å². The van der Waals surface area contributed by atoms with Gasteiger partial charge in [-0.15, -0.1) is 0 Å². The van der Waals surface area contributed by atoms with Crippen LogP contribution in [0, 0.1) is 6.92 Å². The highest BCUT2D eigenvalue weighted by Gasteiger charge is 2.17. The molecule has 0 aliphatic rings. The molecule has 0 aromatic heterocycles. The van der Waals surface area contributed by atoms with Crippen LogP contribution in [0.3, 0.4) is 0 Å². The van der Waals surface area contributed by atoms with Gasteiger partial charge in [0, 0.05) is 5.56 Å². The van der Waals surface area contributed by atoms with Crippen LogP contribution in [-0.4, -0.2) is 17.7 Å². The zero-order valence-electron chi connectivity index (χ0n) is 12.4. The Labute approximate surface area is 125 Å². The van der Waals surface area contributed by atoms with Crippen molar-refractivity contribution in [2.24, 2.45) is 0 Å². The van der Waals surface area contributed by atoms with Crippen molar-refractivity contribution >= 4 is 5.97 Å². The molecule has 0 unspecified atom stereocenters. The molecule has 2 aromatic rings. The summed E-state index contributed by atoms with van der Waals surface area (Å²) in [4.78, 5) is 12.1. The van der Waals surface area contributed by atoms with Crippen LogP contribution in [0.1, 0.15) is 35.7 Å². The summed E-state index contributed by atoms with van der Waals surface area (Å²) in [6, 6.07) is 13.0. The fourth-order valence-electron chi connectivity index (χ4n) is 2.16. The van der Waals surface area contributed by atoms with Gasteiger partial charge in [-0.25, -0.2) is 4.79 Å². The summed E-state index contributed by atoms with van der Waals surface area (Å²) in [5, 5.41) is 10.4. The number of aromatic hydroxyl groups is 1. The van der Waals surface area contributed by atoms with Gasteiger partial charge in [0.1, 0.15) is 11.3 Å². The van der Waals surface area contributed by atoms with E-state index in [-0.39, 0.29) is 11.3 Å². The van der Waals surface area contributed by atoms with Gasteiger partial charge in [0.15, 0.2) is 0 Å². The summed E-state index contributed by atoms with van der Waals surface area (Å²) in [5.41, 5.74) is 2.67. The summed E-state index contributed by atoms with van der Waals surface area (Å²) in [7, 11) is 0. The molecular weight excluding hydrogens is 264 g/mol. The molecule has 0 heterocycles. The number of rotatable bonds is 5. The Morgan fingerprint density at radius 1 is 1.19 bits per heavy atom. The molecule has 0 atom stereocenters. The molecule has 3 nitrogen and oxygen atoms in total. The van der Waals surface area contributed by atoms with Gasteiger partial charge in [0.2, 0.25) is 0 Å². The first-order valence-corrected chi connectivity index (χ1v) is 7.19. The number of carbonyl (C=O) groups excluding carboxylic acids is 1. The van der Waals surface area contributed by atoms with Crippen molar-refractivity contribution in [3.8, 4) is 16.9 Å². The van der Waals surface area contributed by atoms with Crippen molar-refractivity contribution in [1.29, 1.82) is 0 Å². The second kappa shape index (κ2) is 6.93. The molecule has 0 amide bonds. The van der Waals surface area contributed by atoms with Crippen LogP contribution in [-0.2, 0) is 4.74 Å². The topological polar surface area (TPSA) is 46.5 Å². The van der Waals surface area contributed by atoms with Gasteiger partial charge in [-0.2, -0.15) is 0 Å². The van der Waals surface area contributed by atoms with Crippen LogP contribution in [0.4, 0.5) is 0 Å². The maximum atomic E-state index is 12.1. The van der Waals surface area contributed by atoms with Crippen molar-refractivity contribution in [2.45, 2.75) is 26.7 Å². The molecule has 21 heavy (non-hydrogen) atoms. The van der Waals surface area contributed by atoms with E-state index in [1.54, 1.807) is 6.07 Å². The lowest BCUT2D eigenvalue weighted by Crippen LogP contribution is -2.07. The second-order valence-corrected chi connectivity index (χ2v) is 5.06. The second-order valence-electron chi connectivity index (χ2n) is 5.06. The van der Waals surface area contributed by atoms with Gasteiger partial charge in [-0.3, -0.25) is 0 Å². The van der Waals surface area contributed by atoms with Crippen molar-refractivity contribution in [1.82, 2.24) is 0 Å². The summed E-state index contributed by atoms with van der Waals surface area (Å²) in [6.07, 6.45) is 1.78. The minimum atomic E-state index is -0.471. The van der Waals surface area contributed by atoms with E-state index in [0.717, 1.165) is 24.0 Å². The van der Waals surface area contributed by atoms with Crippen LogP contribution >= 0.6 is 0 Å². The fraction of sp³-hybridized carbons (Fsp3) is 0.278. The van der Waals surface area contributed by atoms with Crippen molar-refractivity contribution in [3.05, 3.63) is 53.6 Å². The molecule has 110 valence electrons. The molecule has 0 aliphatic carbocycles. The minimum absolute atomic E-state index is 0.0201. The number of benzene rings is 2. The summed E-state index contributed by atoms with van der Waals surface area (Å²) in [6.45, 7) is 4.31. The molecule has 0 aliphatic heterocycles. The molecule has 3 heteroatoms. The van der Waals surface area contributed by atoms with E-state index < -0.39 is 5.97 Å². The Balaban J connectivity index is 2.35. The highest BCUT2D eigenvalue weighted by Crippen LogP contribution is 2.33. The number of phenols is 1. The van der Waals surface area contributed by atoms with E-state index in [2.05, 4.69) is 0 Å². The number of hydrogen-bond acceptors (Lipinski definition) is 3. The SMILES string of the molecule is CCCCOC(=O)c1cc(C)cc(-c2ccccc2)c1O. The molecule has 0 radical (unpaired) electrons. The van der Waals surface area contributed by atoms with Crippen LogP contribution in [0.15, 0.2) is 42.5 Å². The van der Waals surface area contributed by atoms with Gasteiger partial charge in [0.25, 0.3) is 0 Å². The molecule has 2 aromatic carbocycles. The number of esters is 1. The summed E-state index contributed by atoms with van der Waals surface area (Å²) >= 11 is 0. The first-order chi connectivity index (χ1) is 10.1. The molecular formula is C18H20O3. The van der Waals surface area contributed by atoms with E-state index in [1.807, 2.05) is 50.2 Å². The first kappa shape index (κ1) is 15.1. The Morgan fingerprint density at radius 2 is 1.90 bits per heavy atom. The van der Waals surface area contributed by atoms with Gasteiger partial charge >= 0.3 is 5.97 Å². The van der Waals surface area contributed by atoms with Crippen molar-refractivity contribution in [2.75, 3.05) is 6.61 Å². The molecule has 0 bridgehead atoms. The van der Waals surface area contributed by atoms with Crippen molar-refractivity contribution < 1.29 is 14.6 Å². The third-order valence-corrected chi connectivity index (χ3v) is 3.29. The maximum Gasteiger partial charge on any atom is 0.341 e. The molecule has 0 fully saturated rings. The molecule has 0 spiro atoms. The Hall–Kier alpha value is -2.29. The monoisotopic (exact) mass is 284 g/mol. The Morgan fingerprint density at radius 3 is 2.57 bits per heavy atom. The average molecular weight is 284 g/mol. The first-order valence-electron chi connectivity index (χ1n) is 7.19. The van der Waals surface area contributed by atoms with E-state index in [1.165, 1.54) is 0 Å². The highest BCUT2D eigenvalue weighted by atomic mass is 16.5. The Kier molecular flexibility index (Phi) is 4.99. The largest absolute Gasteiger partial charge is 0.506 e. The zero-order chi connectivity index (χ0) is 15.2. The minimum Gasteiger partial charge on any atom is -0.506 e. The predicted molar refractivity (Wildman–Crippen MR) is 83.5 cm³/mol. The standard InChI is InChI=1S/C18H20O3/c1-3-4-10-21-18(20)16-12-13(2)11-15(17(16)19)14-8-6-5-7-9-14/h5-9,11-12,19H,3-4,10H2,1-2H3. The van der Waals surface area contributed by atoms with Crippen LogP contribution in [0.5, 0.6) is 5.75 Å². The van der Waals surface area contributed by atoms with Crippen LogP contribution < -0.4 is 0 Å². The lowest BCUT2D eigenvalue weighted by molar-refractivity contribution is 0.0496. The third kappa shape index (κ3) is 3.63. The third-order valence-electron chi connectivity index (χ3n) is 3.29. The summed E-state index contributed by atoms with van der Waals surface area (Å²) in [5.74, 6) is -0.491. The number of aryl methyl sites for hydroxylation is 1. The lowest BCUT2D eigenvalue weighted by Gasteiger charge is -2.11. The predicted octanol–water partition coefficient (Wildman–Crippen LogP) is 4.32. The van der Waals surface area contributed by atoms with Crippen LogP contribution in [0.2, 0.25) is 0 Å². The lowest BCUT2D eigenvalue weighted by atomic mass is 9.98. The smallest absolute Gasteiger partial charge is 0.341 e. The zero-order valence-corrected chi connectivity index (χ0v) is 12.4.